The average Bonchev–Trinajstić information content (AvgIpc) is 2.54. The fourth-order valence-electron chi connectivity index (χ4n) is 2.17. The monoisotopic (exact) mass is 315 g/mol. The number of hydrogen-bond donors (Lipinski definition) is 1. The highest BCUT2D eigenvalue weighted by Gasteiger charge is 2.26. The van der Waals surface area contributed by atoms with E-state index < -0.39 is 21.2 Å². The highest BCUT2D eigenvalue weighted by molar-refractivity contribution is 7.91. The van der Waals surface area contributed by atoms with Crippen LogP contribution in [0, 0.1) is 11.3 Å². The van der Waals surface area contributed by atoms with Crippen molar-refractivity contribution in [3.63, 3.8) is 0 Å². The van der Waals surface area contributed by atoms with Crippen LogP contribution in [0.1, 0.15) is 35.0 Å². The van der Waals surface area contributed by atoms with Gasteiger partial charge in [-0.25, -0.2) is 8.42 Å². The Morgan fingerprint density at radius 2 is 1.64 bits per heavy atom. The van der Waals surface area contributed by atoms with Crippen LogP contribution >= 0.6 is 0 Å². The molecule has 0 aliphatic heterocycles. The van der Waals surface area contributed by atoms with Crippen molar-refractivity contribution in [2.45, 2.75) is 18.3 Å². The Labute approximate surface area is 130 Å². The molecule has 0 saturated heterocycles. The zero-order valence-corrected chi connectivity index (χ0v) is 13.0. The molecular formula is C17H17NO3S. The predicted molar refractivity (Wildman–Crippen MR) is 84.8 cm³/mol. The SMILES string of the molecule is CC(c1ccccc1)S(=O)(=O)CC(O)c1ccc(C#N)cc1. The number of rotatable bonds is 5. The Hall–Kier alpha value is -2.16. The van der Waals surface area contributed by atoms with Crippen LogP contribution < -0.4 is 0 Å². The summed E-state index contributed by atoms with van der Waals surface area (Å²) in [6.45, 7) is 1.62. The fraction of sp³-hybridized carbons (Fsp3) is 0.235. The molecule has 5 heteroatoms. The lowest BCUT2D eigenvalue weighted by molar-refractivity contribution is 0.201. The second-order valence-electron chi connectivity index (χ2n) is 5.13. The van der Waals surface area contributed by atoms with Crippen LogP contribution in [0.15, 0.2) is 54.6 Å². The van der Waals surface area contributed by atoms with Gasteiger partial charge in [-0.15, -0.1) is 0 Å². The standard InChI is InChI=1S/C17H17NO3S/c1-13(15-5-3-2-4-6-15)22(20,21)12-17(19)16-9-7-14(11-18)8-10-16/h2-10,13,17,19H,12H2,1H3. The molecule has 2 atom stereocenters. The average molecular weight is 315 g/mol. The van der Waals surface area contributed by atoms with Crippen molar-refractivity contribution in [1.82, 2.24) is 0 Å². The summed E-state index contributed by atoms with van der Waals surface area (Å²) in [6.07, 6.45) is -1.11. The number of nitriles is 1. The Morgan fingerprint density at radius 1 is 1.05 bits per heavy atom. The zero-order valence-electron chi connectivity index (χ0n) is 12.2. The first kappa shape index (κ1) is 16.2. The van der Waals surface area contributed by atoms with E-state index in [4.69, 9.17) is 5.26 Å². The first-order valence-electron chi connectivity index (χ1n) is 6.88. The first-order chi connectivity index (χ1) is 10.4. The molecule has 0 aliphatic rings. The minimum absolute atomic E-state index is 0.352. The van der Waals surface area contributed by atoms with Gasteiger partial charge in [-0.2, -0.15) is 5.26 Å². The first-order valence-corrected chi connectivity index (χ1v) is 8.60. The van der Waals surface area contributed by atoms with E-state index in [0.29, 0.717) is 16.7 Å². The molecule has 0 fully saturated rings. The smallest absolute Gasteiger partial charge is 0.159 e. The van der Waals surface area contributed by atoms with Crippen molar-refractivity contribution in [2.75, 3.05) is 5.75 Å². The second-order valence-corrected chi connectivity index (χ2v) is 7.50. The van der Waals surface area contributed by atoms with Gasteiger partial charge in [-0.1, -0.05) is 42.5 Å². The van der Waals surface area contributed by atoms with Crippen molar-refractivity contribution in [3.05, 3.63) is 71.3 Å². The summed E-state index contributed by atoms with van der Waals surface area (Å²) in [5.74, 6) is -0.352. The van der Waals surface area contributed by atoms with Crippen LogP contribution in [-0.2, 0) is 9.84 Å². The highest BCUT2D eigenvalue weighted by atomic mass is 32.2. The lowest BCUT2D eigenvalue weighted by atomic mass is 10.1. The molecule has 2 aromatic carbocycles. The molecule has 0 aromatic heterocycles. The van der Waals surface area contributed by atoms with Crippen LogP contribution in [0.25, 0.3) is 0 Å². The molecule has 0 aliphatic carbocycles. The normalized spacial score (nSPS) is 14.0. The maximum atomic E-state index is 12.4. The van der Waals surface area contributed by atoms with E-state index in [9.17, 15) is 13.5 Å². The molecule has 0 spiro atoms. The lowest BCUT2D eigenvalue weighted by Gasteiger charge is -2.17. The molecule has 1 N–H and O–H groups in total. The summed E-state index contributed by atoms with van der Waals surface area (Å²) in [6, 6.07) is 17.2. The van der Waals surface area contributed by atoms with Gasteiger partial charge >= 0.3 is 0 Å². The number of aliphatic hydroxyl groups is 1. The van der Waals surface area contributed by atoms with Crippen LogP contribution in [0.2, 0.25) is 0 Å². The summed E-state index contributed by atoms with van der Waals surface area (Å²) < 4.78 is 24.9. The van der Waals surface area contributed by atoms with Gasteiger partial charge in [0.2, 0.25) is 0 Å². The van der Waals surface area contributed by atoms with E-state index in [0.717, 1.165) is 0 Å². The maximum absolute atomic E-state index is 12.4. The van der Waals surface area contributed by atoms with Crippen LogP contribution in [0.3, 0.4) is 0 Å². The van der Waals surface area contributed by atoms with Gasteiger partial charge in [0.25, 0.3) is 0 Å². The number of nitrogens with zero attached hydrogens (tertiary/aromatic N) is 1. The number of aliphatic hydroxyl groups excluding tert-OH is 1. The molecule has 0 heterocycles. The van der Waals surface area contributed by atoms with Crippen LogP contribution in [-0.4, -0.2) is 19.3 Å². The van der Waals surface area contributed by atoms with Crippen LogP contribution in [0.5, 0.6) is 0 Å². The molecule has 2 aromatic rings. The summed E-state index contributed by atoms with van der Waals surface area (Å²) in [5.41, 5.74) is 1.66. The molecule has 4 nitrogen and oxygen atoms in total. The summed E-state index contributed by atoms with van der Waals surface area (Å²) in [7, 11) is -3.49. The molecule has 0 saturated carbocycles. The molecule has 2 unspecified atom stereocenters. The second kappa shape index (κ2) is 6.73. The van der Waals surface area contributed by atoms with E-state index in [-0.39, 0.29) is 5.75 Å². The molecule has 0 bridgehead atoms. The van der Waals surface area contributed by atoms with Gasteiger partial charge in [0, 0.05) is 0 Å². The van der Waals surface area contributed by atoms with E-state index in [2.05, 4.69) is 0 Å². The fourth-order valence-corrected chi connectivity index (χ4v) is 3.66. The third-order valence-electron chi connectivity index (χ3n) is 3.62. The van der Waals surface area contributed by atoms with Gasteiger partial charge in [0.15, 0.2) is 9.84 Å². The molecular weight excluding hydrogens is 298 g/mol. The largest absolute Gasteiger partial charge is 0.387 e. The Kier molecular flexibility index (Phi) is 4.96. The summed E-state index contributed by atoms with van der Waals surface area (Å²) >= 11 is 0. The molecule has 0 amide bonds. The summed E-state index contributed by atoms with van der Waals surface area (Å²) in [4.78, 5) is 0. The van der Waals surface area contributed by atoms with E-state index >= 15 is 0 Å². The summed E-state index contributed by atoms with van der Waals surface area (Å²) in [5, 5.41) is 18.2. The van der Waals surface area contributed by atoms with E-state index in [1.54, 1.807) is 55.5 Å². The molecule has 0 radical (unpaired) electrons. The topological polar surface area (TPSA) is 78.2 Å². The van der Waals surface area contributed by atoms with Crippen molar-refractivity contribution in [1.29, 1.82) is 5.26 Å². The van der Waals surface area contributed by atoms with Gasteiger partial charge in [0.05, 0.1) is 28.7 Å². The molecule has 114 valence electrons. The van der Waals surface area contributed by atoms with E-state index in [1.807, 2.05) is 12.1 Å². The van der Waals surface area contributed by atoms with Gasteiger partial charge in [-0.05, 0) is 30.2 Å². The Morgan fingerprint density at radius 3 is 2.18 bits per heavy atom. The predicted octanol–water partition coefficient (Wildman–Crippen LogP) is 2.77. The van der Waals surface area contributed by atoms with Crippen molar-refractivity contribution >= 4 is 9.84 Å². The lowest BCUT2D eigenvalue weighted by Crippen LogP contribution is -2.19. The Bertz CT molecular complexity index is 762. The van der Waals surface area contributed by atoms with Gasteiger partial charge < -0.3 is 5.11 Å². The van der Waals surface area contributed by atoms with Crippen LogP contribution in [0.4, 0.5) is 0 Å². The maximum Gasteiger partial charge on any atom is 0.159 e. The minimum Gasteiger partial charge on any atom is -0.387 e. The molecule has 22 heavy (non-hydrogen) atoms. The quantitative estimate of drug-likeness (QED) is 0.920. The Balaban J connectivity index is 2.15. The van der Waals surface area contributed by atoms with E-state index in [1.165, 1.54) is 0 Å². The highest BCUT2D eigenvalue weighted by Crippen LogP contribution is 2.26. The number of sulfone groups is 1. The zero-order chi connectivity index (χ0) is 16.2. The van der Waals surface area contributed by atoms with Crippen molar-refractivity contribution in [2.24, 2.45) is 0 Å². The number of hydrogen-bond acceptors (Lipinski definition) is 4. The minimum atomic E-state index is -3.49. The van der Waals surface area contributed by atoms with Crippen molar-refractivity contribution < 1.29 is 13.5 Å². The van der Waals surface area contributed by atoms with Crippen molar-refractivity contribution in [3.8, 4) is 6.07 Å². The molecule has 2 rings (SSSR count). The number of benzene rings is 2. The van der Waals surface area contributed by atoms with Gasteiger partial charge in [0.1, 0.15) is 0 Å². The van der Waals surface area contributed by atoms with Gasteiger partial charge in [-0.3, -0.25) is 0 Å². The third kappa shape index (κ3) is 3.73. The third-order valence-corrected chi connectivity index (χ3v) is 5.75.